The van der Waals surface area contributed by atoms with E-state index >= 15 is 0 Å². The van der Waals surface area contributed by atoms with E-state index in [2.05, 4.69) is 62.1 Å². The molecule has 0 spiro atoms. The second-order valence-corrected chi connectivity index (χ2v) is 5.94. The molecule has 0 aliphatic carbocycles. The van der Waals surface area contributed by atoms with Crippen molar-refractivity contribution in [1.82, 2.24) is 5.32 Å². The number of unbranched alkanes of at least 4 members (excludes halogenated alkanes) is 1. The molecule has 0 heterocycles. The fourth-order valence-corrected chi connectivity index (χ4v) is 3.20. The van der Waals surface area contributed by atoms with Gasteiger partial charge in [-0.1, -0.05) is 44.5 Å². The van der Waals surface area contributed by atoms with Crippen LogP contribution in [0.15, 0.2) is 24.3 Å². The van der Waals surface area contributed by atoms with Crippen LogP contribution >= 0.6 is 11.8 Å². The van der Waals surface area contributed by atoms with Gasteiger partial charge in [-0.3, -0.25) is 0 Å². The molecule has 0 aliphatic heterocycles. The fraction of sp³-hybridized carbons (Fsp3) is 0.625. The topological polar surface area (TPSA) is 12.0 Å². The van der Waals surface area contributed by atoms with Crippen molar-refractivity contribution in [2.45, 2.75) is 46.1 Å². The summed E-state index contributed by atoms with van der Waals surface area (Å²) in [6.45, 7) is 7.81. The summed E-state index contributed by atoms with van der Waals surface area (Å²) in [5, 5.41) is 3.68. The standard InChI is InChI=1S/C16H27NS/c1-4-6-12-18-13-16(17-11-5-2)15-10-8-7-9-14(15)3/h7-10,16-17H,4-6,11-13H2,1-3H3. The monoisotopic (exact) mass is 265 g/mol. The summed E-state index contributed by atoms with van der Waals surface area (Å²) in [5.74, 6) is 2.47. The minimum Gasteiger partial charge on any atom is -0.309 e. The van der Waals surface area contributed by atoms with E-state index in [1.54, 1.807) is 0 Å². The number of rotatable bonds is 9. The predicted molar refractivity (Wildman–Crippen MR) is 84.4 cm³/mol. The molecule has 0 saturated heterocycles. The third-order valence-corrected chi connectivity index (χ3v) is 4.28. The number of benzene rings is 1. The van der Waals surface area contributed by atoms with Gasteiger partial charge in [0.1, 0.15) is 0 Å². The maximum absolute atomic E-state index is 3.68. The molecule has 2 heteroatoms. The molecule has 1 nitrogen and oxygen atoms in total. The average Bonchev–Trinajstić information content (AvgIpc) is 2.39. The summed E-state index contributed by atoms with van der Waals surface area (Å²) < 4.78 is 0. The molecular formula is C16H27NS. The van der Waals surface area contributed by atoms with Crippen molar-refractivity contribution in [3.63, 3.8) is 0 Å². The van der Waals surface area contributed by atoms with Gasteiger partial charge in [0.15, 0.2) is 0 Å². The molecule has 1 atom stereocenters. The average molecular weight is 265 g/mol. The largest absolute Gasteiger partial charge is 0.309 e. The Balaban J connectivity index is 2.57. The van der Waals surface area contributed by atoms with Crippen molar-refractivity contribution in [2.75, 3.05) is 18.1 Å². The first-order chi connectivity index (χ1) is 8.79. The Bertz CT molecular complexity index is 325. The van der Waals surface area contributed by atoms with E-state index in [0.717, 1.165) is 6.54 Å². The van der Waals surface area contributed by atoms with Gasteiger partial charge in [0.25, 0.3) is 0 Å². The van der Waals surface area contributed by atoms with Gasteiger partial charge >= 0.3 is 0 Å². The van der Waals surface area contributed by atoms with Crippen molar-refractivity contribution in [2.24, 2.45) is 0 Å². The highest BCUT2D eigenvalue weighted by Gasteiger charge is 2.12. The first kappa shape index (κ1) is 15.6. The summed E-state index contributed by atoms with van der Waals surface area (Å²) in [5.41, 5.74) is 2.87. The maximum atomic E-state index is 3.68. The van der Waals surface area contributed by atoms with Crippen molar-refractivity contribution >= 4 is 11.8 Å². The van der Waals surface area contributed by atoms with Gasteiger partial charge in [-0.25, -0.2) is 0 Å². The molecule has 0 aliphatic rings. The Morgan fingerprint density at radius 3 is 2.61 bits per heavy atom. The Hall–Kier alpha value is -0.470. The molecule has 18 heavy (non-hydrogen) atoms. The lowest BCUT2D eigenvalue weighted by molar-refractivity contribution is 0.575. The number of hydrogen-bond acceptors (Lipinski definition) is 2. The van der Waals surface area contributed by atoms with Crippen LogP contribution in [0.25, 0.3) is 0 Å². The molecule has 1 N–H and O–H groups in total. The SMILES string of the molecule is CCCCSCC(NCCC)c1ccccc1C. The molecule has 0 aromatic heterocycles. The predicted octanol–water partition coefficient (Wildman–Crippen LogP) is 4.57. The van der Waals surface area contributed by atoms with Gasteiger partial charge in [-0.2, -0.15) is 11.8 Å². The Morgan fingerprint density at radius 1 is 1.17 bits per heavy atom. The molecule has 0 radical (unpaired) electrons. The highest BCUT2D eigenvalue weighted by atomic mass is 32.2. The number of thioether (sulfide) groups is 1. The van der Waals surface area contributed by atoms with Gasteiger partial charge in [0, 0.05) is 11.8 Å². The number of aryl methyl sites for hydroxylation is 1. The normalized spacial score (nSPS) is 12.6. The highest BCUT2D eigenvalue weighted by molar-refractivity contribution is 7.99. The summed E-state index contributed by atoms with van der Waals surface area (Å²) in [7, 11) is 0. The van der Waals surface area contributed by atoms with Crippen LogP contribution in [0.3, 0.4) is 0 Å². The van der Waals surface area contributed by atoms with Gasteiger partial charge in [0.05, 0.1) is 0 Å². The van der Waals surface area contributed by atoms with Crippen LogP contribution in [-0.2, 0) is 0 Å². The van der Waals surface area contributed by atoms with Crippen LogP contribution in [0.2, 0.25) is 0 Å². The molecule has 1 unspecified atom stereocenters. The third kappa shape index (κ3) is 5.45. The molecule has 0 saturated carbocycles. The molecule has 1 aromatic carbocycles. The zero-order valence-corrected chi connectivity index (χ0v) is 12.9. The summed E-state index contributed by atoms with van der Waals surface area (Å²) in [6, 6.07) is 9.27. The first-order valence-corrected chi connectivity index (χ1v) is 8.31. The van der Waals surface area contributed by atoms with Gasteiger partial charge < -0.3 is 5.32 Å². The van der Waals surface area contributed by atoms with E-state index < -0.39 is 0 Å². The molecule has 0 bridgehead atoms. The van der Waals surface area contributed by atoms with Crippen molar-refractivity contribution in [3.05, 3.63) is 35.4 Å². The molecule has 1 aromatic rings. The van der Waals surface area contributed by atoms with E-state index in [0.29, 0.717) is 6.04 Å². The number of nitrogens with one attached hydrogen (secondary N) is 1. The third-order valence-electron chi connectivity index (χ3n) is 3.13. The van der Waals surface area contributed by atoms with Crippen molar-refractivity contribution < 1.29 is 0 Å². The Morgan fingerprint density at radius 2 is 1.94 bits per heavy atom. The van der Waals surface area contributed by atoms with Crippen LogP contribution < -0.4 is 5.32 Å². The minimum absolute atomic E-state index is 0.507. The van der Waals surface area contributed by atoms with Crippen LogP contribution in [0.5, 0.6) is 0 Å². The van der Waals surface area contributed by atoms with Crippen molar-refractivity contribution in [3.8, 4) is 0 Å². The molecule has 102 valence electrons. The maximum Gasteiger partial charge on any atom is 0.0414 e. The second kappa shape index (κ2) is 9.46. The number of hydrogen-bond donors (Lipinski definition) is 1. The zero-order valence-electron chi connectivity index (χ0n) is 12.0. The smallest absolute Gasteiger partial charge is 0.0414 e. The van der Waals surface area contributed by atoms with E-state index in [9.17, 15) is 0 Å². The molecular weight excluding hydrogens is 238 g/mol. The van der Waals surface area contributed by atoms with Crippen LogP contribution in [0, 0.1) is 6.92 Å². The van der Waals surface area contributed by atoms with Gasteiger partial charge in [-0.15, -0.1) is 0 Å². The Labute approximate surface area is 117 Å². The summed E-state index contributed by atoms with van der Waals surface area (Å²) in [6.07, 6.45) is 3.82. The lowest BCUT2D eigenvalue weighted by Gasteiger charge is -2.20. The van der Waals surface area contributed by atoms with E-state index in [-0.39, 0.29) is 0 Å². The van der Waals surface area contributed by atoms with E-state index in [1.807, 2.05) is 0 Å². The minimum atomic E-state index is 0.507. The van der Waals surface area contributed by atoms with Crippen molar-refractivity contribution in [1.29, 1.82) is 0 Å². The summed E-state index contributed by atoms with van der Waals surface area (Å²) in [4.78, 5) is 0. The van der Waals surface area contributed by atoms with Gasteiger partial charge in [-0.05, 0) is 43.2 Å². The quantitative estimate of drug-likeness (QED) is 0.656. The molecule has 1 rings (SSSR count). The van der Waals surface area contributed by atoms with Gasteiger partial charge in [0.2, 0.25) is 0 Å². The first-order valence-electron chi connectivity index (χ1n) is 7.16. The molecule has 0 fully saturated rings. The lowest BCUT2D eigenvalue weighted by atomic mass is 10.0. The van der Waals surface area contributed by atoms with Crippen LogP contribution in [-0.4, -0.2) is 18.1 Å². The van der Waals surface area contributed by atoms with Crippen LogP contribution in [0.1, 0.15) is 50.3 Å². The Kier molecular flexibility index (Phi) is 8.19. The lowest BCUT2D eigenvalue weighted by Crippen LogP contribution is -2.25. The fourth-order valence-electron chi connectivity index (χ4n) is 2.00. The highest BCUT2D eigenvalue weighted by Crippen LogP contribution is 2.22. The van der Waals surface area contributed by atoms with Crippen LogP contribution in [0.4, 0.5) is 0 Å². The molecule has 0 amide bonds. The van der Waals surface area contributed by atoms with E-state index in [1.165, 1.54) is 41.9 Å². The summed E-state index contributed by atoms with van der Waals surface area (Å²) >= 11 is 2.08. The second-order valence-electron chi connectivity index (χ2n) is 4.79. The van der Waals surface area contributed by atoms with E-state index in [4.69, 9.17) is 0 Å². The zero-order chi connectivity index (χ0) is 13.2.